The Morgan fingerprint density at radius 2 is 1.63 bits per heavy atom. The average Bonchev–Trinajstić information content (AvgIpc) is 2.64. The topological polar surface area (TPSA) is 50.4 Å². The molecule has 0 radical (unpaired) electrons. The highest BCUT2D eigenvalue weighted by Crippen LogP contribution is 2.15. The lowest BCUT2D eigenvalue weighted by Gasteiger charge is -2.09. The van der Waals surface area contributed by atoms with Crippen molar-refractivity contribution in [3.05, 3.63) is 71.3 Å². The van der Waals surface area contributed by atoms with Crippen molar-refractivity contribution in [2.24, 2.45) is 0 Å². The molecule has 2 aromatic carbocycles. The molecule has 0 fully saturated rings. The molecule has 4 nitrogen and oxygen atoms in total. The van der Waals surface area contributed by atoms with Gasteiger partial charge in [0.15, 0.2) is 0 Å². The Hall–Kier alpha value is -2.98. The lowest BCUT2D eigenvalue weighted by Crippen LogP contribution is -2.35. The van der Waals surface area contributed by atoms with Gasteiger partial charge < -0.3 is 15.4 Å². The Balaban J connectivity index is 1.67. The minimum atomic E-state index is -4.33. The van der Waals surface area contributed by atoms with Crippen molar-refractivity contribution in [2.45, 2.75) is 19.3 Å². The third kappa shape index (κ3) is 8.79. The fourth-order valence-corrected chi connectivity index (χ4v) is 2.08. The molecular formula is C20H19F3N2O2. The predicted octanol–water partition coefficient (Wildman–Crippen LogP) is 3.62. The number of halogens is 3. The van der Waals surface area contributed by atoms with E-state index in [0.29, 0.717) is 12.1 Å². The summed E-state index contributed by atoms with van der Waals surface area (Å²) < 4.78 is 40.6. The van der Waals surface area contributed by atoms with Crippen LogP contribution in [0, 0.1) is 11.8 Å². The second-order valence-electron chi connectivity index (χ2n) is 5.63. The number of carbonyl (C=O) groups excluding carboxylic acids is 1. The third-order valence-electron chi connectivity index (χ3n) is 3.35. The van der Waals surface area contributed by atoms with Crippen LogP contribution in [0.4, 0.5) is 18.0 Å². The molecule has 0 bridgehead atoms. The van der Waals surface area contributed by atoms with Crippen LogP contribution in [0.3, 0.4) is 0 Å². The van der Waals surface area contributed by atoms with Crippen molar-refractivity contribution >= 4 is 6.03 Å². The molecule has 0 spiro atoms. The first kappa shape index (κ1) is 20.3. The Morgan fingerprint density at radius 3 is 2.30 bits per heavy atom. The summed E-state index contributed by atoms with van der Waals surface area (Å²) in [7, 11) is 0. The van der Waals surface area contributed by atoms with Crippen LogP contribution in [-0.2, 0) is 17.9 Å². The van der Waals surface area contributed by atoms with Crippen molar-refractivity contribution < 1.29 is 22.7 Å². The highest BCUT2D eigenvalue weighted by molar-refractivity contribution is 5.74. The number of urea groups is 1. The van der Waals surface area contributed by atoms with Gasteiger partial charge in [0, 0.05) is 12.1 Å². The van der Waals surface area contributed by atoms with Crippen LogP contribution < -0.4 is 10.6 Å². The Morgan fingerprint density at radius 1 is 0.963 bits per heavy atom. The first-order valence-electron chi connectivity index (χ1n) is 8.20. The van der Waals surface area contributed by atoms with E-state index in [2.05, 4.69) is 27.2 Å². The van der Waals surface area contributed by atoms with Crippen LogP contribution >= 0.6 is 0 Å². The molecular weight excluding hydrogens is 357 g/mol. The molecule has 0 heterocycles. The van der Waals surface area contributed by atoms with E-state index in [0.717, 1.165) is 11.1 Å². The number of rotatable bonds is 6. The largest absolute Gasteiger partial charge is 0.411 e. The molecule has 0 aliphatic heterocycles. The minimum Gasteiger partial charge on any atom is -0.367 e. The predicted molar refractivity (Wildman–Crippen MR) is 95.7 cm³/mol. The highest BCUT2D eigenvalue weighted by atomic mass is 19.4. The number of alkyl halides is 3. The molecule has 142 valence electrons. The Kier molecular flexibility index (Phi) is 7.71. The van der Waals surface area contributed by atoms with E-state index < -0.39 is 12.8 Å². The van der Waals surface area contributed by atoms with Gasteiger partial charge in [-0.2, -0.15) is 13.2 Å². The van der Waals surface area contributed by atoms with Crippen molar-refractivity contribution in [2.75, 3.05) is 13.2 Å². The number of ether oxygens (including phenoxy) is 1. The number of amides is 2. The van der Waals surface area contributed by atoms with Crippen LogP contribution in [-0.4, -0.2) is 25.4 Å². The lowest BCUT2D eigenvalue weighted by molar-refractivity contribution is -0.176. The first-order chi connectivity index (χ1) is 12.9. The lowest BCUT2D eigenvalue weighted by atomic mass is 10.1. The third-order valence-corrected chi connectivity index (χ3v) is 3.35. The summed E-state index contributed by atoms with van der Waals surface area (Å²) in [5.74, 6) is 5.78. The molecule has 0 saturated heterocycles. The fraction of sp³-hybridized carbons (Fsp3) is 0.250. The first-order valence-corrected chi connectivity index (χ1v) is 8.20. The zero-order valence-corrected chi connectivity index (χ0v) is 14.5. The van der Waals surface area contributed by atoms with Crippen molar-refractivity contribution in [3.63, 3.8) is 0 Å². The van der Waals surface area contributed by atoms with Crippen LogP contribution in [0.5, 0.6) is 0 Å². The zero-order chi connectivity index (χ0) is 19.5. The summed E-state index contributed by atoms with van der Waals surface area (Å²) in [6.45, 7) is -0.880. The normalized spacial score (nSPS) is 10.6. The van der Waals surface area contributed by atoms with Gasteiger partial charge in [-0.15, -0.1) is 0 Å². The van der Waals surface area contributed by atoms with Gasteiger partial charge in [-0.25, -0.2) is 4.79 Å². The van der Waals surface area contributed by atoms with E-state index in [-0.39, 0.29) is 19.2 Å². The maximum atomic E-state index is 12.0. The monoisotopic (exact) mass is 376 g/mol. The fourth-order valence-electron chi connectivity index (χ4n) is 2.08. The second-order valence-corrected chi connectivity index (χ2v) is 5.63. The molecule has 0 atom stereocenters. The summed E-state index contributed by atoms with van der Waals surface area (Å²) >= 11 is 0. The number of nitrogens with one attached hydrogen (secondary N) is 2. The highest BCUT2D eigenvalue weighted by Gasteiger charge is 2.27. The number of benzene rings is 2. The molecule has 0 aromatic heterocycles. The van der Waals surface area contributed by atoms with Gasteiger partial charge in [-0.05, 0) is 23.3 Å². The summed E-state index contributed by atoms with van der Waals surface area (Å²) in [6, 6.07) is 15.9. The van der Waals surface area contributed by atoms with E-state index in [1.165, 1.54) is 0 Å². The molecule has 0 aliphatic rings. The van der Waals surface area contributed by atoms with E-state index in [1.807, 2.05) is 30.3 Å². The van der Waals surface area contributed by atoms with Crippen molar-refractivity contribution in [1.29, 1.82) is 0 Å². The number of hydrogen-bond acceptors (Lipinski definition) is 2. The van der Waals surface area contributed by atoms with Crippen LogP contribution in [0.25, 0.3) is 0 Å². The second kappa shape index (κ2) is 10.2. The van der Waals surface area contributed by atoms with Crippen molar-refractivity contribution in [3.8, 4) is 11.8 Å². The molecule has 2 N–H and O–H groups in total. The van der Waals surface area contributed by atoms with Crippen molar-refractivity contribution in [1.82, 2.24) is 10.6 Å². The molecule has 27 heavy (non-hydrogen) atoms. The molecule has 2 amide bonds. The van der Waals surface area contributed by atoms with Gasteiger partial charge in [-0.1, -0.05) is 54.3 Å². The maximum Gasteiger partial charge on any atom is 0.411 e. The summed E-state index contributed by atoms with van der Waals surface area (Å²) in [5, 5.41) is 5.31. The molecule has 0 unspecified atom stereocenters. The van der Waals surface area contributed by atoms with Gasteiger partial charge in [0.1, 0.15) is 6.61 Å². The van der Waals surface area contributed by atoms with Gasteiger partial charge in [0.05, 0.1) is 13.2 Å². The van der Waals surface area contributed by atoms with Crippen LogP contribution in [0.15, 0.2) is 54.6 Å². The van der Waals surface area contributed by atoms with E-state index >= 15 is 0 Å². The summed E-state index contributed by atoms with van der Waals surface area (Å²) in [5.41, 5.74) is 2.32. The zero-order valence-electron chi connectivity index (χ0n) is 14.5. The van der Waals surface area contributed by atoms with Gasteiger partial charge in [0.25, 0.3) is 0 Å². The molecule has 0 saturated carbocycles. The quantitative estimate of drug-likeness (QED) is 0.757. The molecule has 2 rings (SSSR count). The SMILES string of the molecule is O=C(NCC#Cc1ccccc1)NCc1ccc(COCC(F)(F)F)cc1. The van der Waals surface area contributed by atoms with Crippen LogP contribution in [0.1, 0.15) is 16.7 Å². The maximum absolute atomic E-state index is 12.0. The summed E-state index contributed by atoms with van der Waals surface area (Å²) in [6.07, 6.45) is -4.33. The van der Waals surface area contributed by atoms with E-state index in [9.17, 15) is 18.0 Å². The summed E-state index contributed by atoms with van der Waals surface area (Å²) in [4.78, 5) is 11.7. The van der Waals surface area contributed by atoms with E-state index in [1.54, 1.807) is 24.3 Å². The Bertz CT molecular complexity index is 779. The molecule has 7 heteroatoms. The van der Waals surface area contributed by atoms with Crippen LogP contribution in [0.2, 0.25) is 0 Å². The van der Waals surface area contributed by atoms with Gasteiger partial charge in [-0.3, -0.25) is 0 Å². The molecule has 2 aromatic rings. The van der Waals surface area contributed by atoms with Gasteiger partial charge in [0.2, 0.25) is 0 Å². The minimum absolute atomic E-state index is 0.117. The smallest absolute Gasteiger partial charge is 0.367 e. The van der Waals surface area contributed by atoms with E-state index in [4.69, 9.17) is 0 Å². The molecule has 0 aliphatic carbocycles. The number of hydrogen-bond donors (Lipinski definition) is 2. The number of carbonyl (C=O) groups is 1. The Labute approximate surface area is 155 Å². The average molecular weight is 376 g/mol. The standard InChI is InChI=1S/C20H19F3N2O2/c21-20(22,23)15-27-14-18-10-8-17(9-11-18)13-25-19(26)24-12-4-7-16-5-2-1-3-6-16/h1-3,5-6,8-11H,12-15H2,(H2,24,25,26). The van der Waals surface area contributed by atoms with Gasteiger partial charge >= 0.3 is 12.2 Å².